The van der Waals surface area contributed by atoms with Gasteiger partial charge in [0.2, 0.25) is 0 Å². The van der Waals surface area contributed by atoms with Gasteiger partial charge in [0, 0.05) is 25.6 Å². The van der Waals surface area contributed by atoms with E-state index in [0.29, 0.717) is 13.2 Å². The molecule has 0 aliphatic heterocycles. The quantitative estimate of drug-likeness (QED) is 0.759. The Kier molecular flexibility index (Phi) is 2.82. The summed E-state index contributed by atoms with van der Waals surface area (Å²) in [6.45, 7) is 3.09. The van der Waals surface area contributed by atoms with Gasteiger partial charge in [0.1, 0.15) is 18.1 Å². The lowest BCUT2D eigenvalue weighted by molar-refractivity contribution is 0.155. The Morgan fingerprint density at radius 1 is 1.53 bits per heavy atom. The van der Waals surface area contributed by atoms with Crippen LogP contribution in [0.25, 0.3) is 0 Å². The number of methoxy groups -OCH3 is 1. The molecule has 0 aromatic carbocycles. The van der Waals surface area contributed by atoms with Crippen LogP contribution in [0, 0.1) is 6.92 Å². The molecule has 0 atom stereocenters. The predicted octanol–water partition coefficient (Wildman–Crippen LogP) is 1.37. The van der Waals surface area contributed by atoms with Gasteiger partial charge in [0.05, 0.1) is 6.54 Å². The number of rotatable bonds is 4. The molecular formula is C10H13N3O2. The Labute approximate surface area is 87.7 Å². The van der Waals surface area contributed by atoms with Crippen molar-refractivity contribution in [1.29, 1.82) is 0 Å². The first kappa shape index (κ1) is 9.92. The number of aryl methyl sites for hydroxylation is 1. The molecule has 5 nitrogen and oxygen atoms in total. The van der Waals surface area contributed by atoms with E-state index in [9.17, 15) is 0 Å². The Bertz CT molecular complexity index is 433. The molecule has 2 rings (SSSR count). The highest BCUT2D eigenvalue weighted by Gasteiger charge is 2.05. The van der Waals surface area contributed by atoms with E-state index in [1.807, 2.05) is 23.8 Å². The van der Waals surface area contributed by atoms with Gasteiger partial charge >= 0.3 is 0 Å². The monoisotopic (exact) mass is 207 g/mol. The molecule has 2 aromatic heterocycles. The minimum Gasteiger partial charge on any atom is -0.377 e. The predicted molar refractivity (Wildman–Crippen MR) is 53.3 cm³/mol. The van der Waals surface area contributed by atoms with Crippen LogP contribution in [0.1, 0.15) is 17.3 Å². The molecule has 15 heavy (non-hydrogen) atoms. The standard InChI is InChI=1S/C10H13N3O2/c1-8-11-3-4-13(8)6-9-5-10(7-14-2)15-12-9/h3-5H,6-7H2,1-2H3. The van der Waals surface area contributed by atoms with Crippen molar-refractivity contribution in [3.63, 3.8) is 0 Å². The van der Waals surface area contributed by atoms with Crippen LogP contribution in [0.3, 0.4) is 0 Å². The maximum atomic E-state index is 5.08. The molecule has 0 aliphatic carbocycles. The zero-order valence-electron chi connectivity index (χ0n) is 8.80. The topological polar surface area (TPSA) is 53.1 Å². The second-order valence-electron chi connectivity index (χ2n) is 3.32. The van der Waals surface area contributed by atoms with Gasteiger partial charge in [-0.3, -0.25) is 0 Å². The number of imidazole rings is 1. The van der Waals surface area contributed by atoms with Crippen molar-refractivity contribution >= 4 is 0 Å². The smallest absolute Gasteiger partial charge is 0.162 e. The first-order chi connectivity index (χ1) is 7.29. The second kappa shape index (κ2) is 4.27. The van der Waals surface area contributed by atoms with E-state index in [1.165, 1.54) is 0 Å². The number of hydrogen-bond donors (Lipinski definition) is 0. The lowest BCUT2D eigenvalue weighted by atomic mass is 10.3. The fourth-order valence-corrected chi connectivity index (χ4v) is 1.39. The molecule has 0 N–H and O–H groups in total. The average Bonchev–Trinajstić information content (AvgIpc) is 2.79. The summed E-state index contributed by atoms with van der Waals surface area (Å²) in [7, 11) is 1.63. The van der Waals surface area contributed by atoms with Crippen molar-refractivity contribution in [3.05, 3.63) is 35.7 Å². The highest BCUT2D eigenvalue weighted by Crippen LogP contribution is 2.07. The summed E-state index contributed by atoms with van der Waals surface area (Å²) in [6.07, 6.45) is 3.69. The minimum absolute atomic E-state index is 0.454. The molecule has 0 spiro atoms. The molecule has 80 valence electrons. The van der Waals surface area contributed by atoms with Crippen LogP contribution < -0.4 is 0 Å². The molecule has 0 aliphatic rings. The van der Waals surface area contributed by atoms with E-state index in [-0.39, 0.29) is 0 Å². The third-order valence-corrected chi connectivity index (χ3v) is 2.15. The number of aromatic nitrogens is 3. The molecule has 0 unspecified atom stereocenters. The molecule has 0 amide bonds. The Morgan fingerprint density at radius 3 is 3.07 bits per heavy atom. The molecule has 0 bridgehead atoms. The van der Waals surface area contributed by atoms with Crippen molar-refractivity contribution in [3.8, 4) is 0 Å². The highest BCUT2D eigenvalue weighted by molar-refractivity contribution is 5.06. The van der Waals surface area contributed by atoms with Gasteiger partial charge in [-0.1, -0.05) is 5.16 Å². The number of ether oxygens (including phenoxy) is 1. The average molecular weight is 207 g/mol. The van der Waals surface area contributed by atoms with E-state index in [4.69, 9.17) is 9.26 Å². The van der Waals surface area contributed by atoms with Gasteiger partial charge in [-0.15, -0.1) is 0 Å². The van der Waals surface area contributed by atoms with Gasteiger partial charge in [-0.2, -0.15) is 0 Å². The third-order valence-electron chi connectivity index (χ3n) is 2.15. The highest BCUT2D eigenvalue weighted by atomic mass is 16.5. The Hall–Kier alpha value is -1.62. The fraction of sp³-hybridized carbons (Fsp3) is 0.400. The molecular weight excluding hydrogens is 194 g/mol. The molecule has 2 heterocycles. The zero-order chi connectivity index (χ0) is 10.7. The molecule has 0 radical (unpaired) electrons. The maximum absolute atomic E-state index is 5.08. The lowest BCUT2D eigenvalue weighted by Crippen LogP contribution is -2.00. The van der Waals surface area contributed by atoms with Crippen LogP contribution in [0.4, 0.5) is 0 Å². The third kappa shape index (κ3) is 2.24. The van der Waals surface area contributed by atoms with Gasteiger partial charge in [-0.05, 0) is 6.92 Å². The zero-order valence-corrected chi connectivity index (χ0v) is 8.80. The SMILES string of the molecule is COCc1cc(Cn2ccnc2C)no1. The van der Waals surface area contributed by atoms with E-state index in [1.54, 1.807) is 13.3 Å². The van der Waals surface area contributed by atoms with Crippen molar-refractivity contribution in [2.45, 2.75) is 20.1 Å². The van der Waals surface area contributed by atoms with Gasteiger partial charge in [-0.25, -0.2) is 4.98 Å². The van der Waals surface area contributed by atoms with Gasteiger partial charge < -0.3 is 13.8 Å². The first-order valence-corrected chi connectivity index (χ1v) is 4.70. The Morgan fingerprint density at radius 2 is 2.40 bits per heavy atom. The Balaban J connectivity index is 2.08. The largest absolute Gasteiger partial charge is 0.377 e. The summed E-state index contributed by atoms with van der Waals surface area (Å²) in [4.78, 5) is 4.14. The molecule has 0 fully saturated rings. The summed E-state index contributed by atoms with van der Waals surface area (Å²) in [5.41, 5.74) is 0.878. The van der Waals surface area contributed by atoms with E-state index in [0.717, 1.165) is 17.3 Å². The van der Waals surface area contributed by atoms with E-state index >= 15 is 0 Å². The van der Waals surface area contributed by atoms with Gasteiger partial charge in [0.15, 0.2) is 5.76 Å². The van der Waals surface area contributed by atoms with Crippen molar-refractivity contribution in [2.75, 3.05) is 7.11 Å². The van der Waals surface area contributed by atoms with Crippen LogP contribution in [0.2, 0.25) is 0 Å². The first-order valence-electron chi connectivity index (χ1n) is 4.70. The summed E-state index contributed by atoms with van der Waals surface area (Å²) < 4.78 is 12.0. The summed E-state index contributed by atoms with van der Waals surface area (Å²) in [5.74, 6) is 1.71. The molecule has 2 aromatic rings. The summed E-state index contributed by atoms with van der Waals surface area (Å²) >= 11 is 0. The van der Waals surface area contributed by atoms with Crippen LogP contribution in [0.5, 0.6) is 0 Å². The van der Waals surface area contributed by atoms with E-state index < -0.39 is 0 Å². The van der Waals surface area contributed by atoms with Crippen molar-refractivity contribution in [2.24, 2.45) is 0 Å². The fourth-order valence-electron chi connectivity index (χ4n) is 1.39. The maximum Gasteiger partial charge on any atom is 0.162 e. The number of nitrogens with zero attached hydrogens (tertiary/aromatic N) is 3. The summed E-state index contributed by atoms with van der Waals surface area (Å²) in [6, 6.07) is 1.89. The summed E-state index contributed by atoms with van der Waals surface area (Å²) in [5, 5.41) is 3.95. The van der Waals surface area contributed by atoms with Crippen LogP contribution in [-0.2, 0) is 17.9 Å². The van der Waals surface area contributed by atoms with Crippen molar-refractivity contribution < 1.29 is 9.26 Å². The van der Waals surface area contributed by atoms with Gasteiger partial charge in [0.25, 0.3) is 0 Å². The molecule has 0 saturated carbocycles. The van der Waals surface area contributed by atoms with Crippen molar-refractivity contribution in [1.82, 2.24) is 14.7 Å². The second-order valence-corrected chi connectivity index (χ2v) is 3.32. The van der Waals surface area contributed by atoms with Crippen LogP contribution in [0.15, 0.2) is 23.0 Å². The lowest BCUT2D eigenvalue weighted by Gasteiger charge is -1.99. The number of hydrogen-bond acceptors (Lipinski definition) is 4. The molecule has 5 heteroatoms. The normalized spacial score (nSPS) is 10.8. The van der Waals surface area contributed by atoms with E-state index in [2.05, 4.69) is 10.1 Å². The molecule has 0 saturated heterocycles. The minimum atomic E-state index is 0.454. The van der Waals surface area contributed by atoms with Crippen LogP contribution >= 0.6 is 0 Å². The van der Waals surface area contributed by atoms with Crippen LogP contribution in [-0.4, -0.2) is 21.8 Å².